The summed E-state index contributed by atoms with van der Waals surface area (Å²) in [6.45, 7) is 2.25. The minimum Gasteiger partial charge on any atom is -0.508 e. The van der Waals surface area contributed by atoms with E-state index in [1.165, 1.54) is 44.1 Å². The summed E-state index contributed by atoms with van der Waals surface area (Å²) in [7, 11) is 0. The number of aromatic nitrogens is 1. The van der Waals surface area contributed by atoms with Crippen LogP contribution in [0.4, 0.5) is 0 Å². The van der Waals surface area contributed by atoms with Gasteiger partial charge in [0.2, 0.25) is 0 Å². The Kier molecular flexibility index (Phi) is 6.26. The topological polar surface area (TPSA) is 33.1 Å². The summed E-state index contributed by atoms with van der Waals surface area (Å²) < 4.78 is 0. The number of aryl methyl sites for hydroxylation is 1. The third kappa shape index (κ3) is 5.22. The SMILES string of the molecule is CCCCCCCCc1ccc(-c2ccc(O)cc2)nc1. The molecule has 0 bridgehead atoms. The first-order valence-electron chi connectivity index (χ1n) is 8.04. The molecule has 0 spiro atoms. The van der Waals surface area contributed by atoms with E-state index in [0.717, 1.165) is 17.7 Å². The van der Waals surface area contributed by atoms with Gasteiger partial charge in [0.25, 0.3) is 0 Å². The van der Waals surface area contributed by atoms with Crippen LogP contribution in [0.1, 0.15) is 51.0 Å². The highest BCUT2D eigenvalue weighted by Crippen LogP contribution is 2.20. The lowest BCUT2D eigenvalue weighted by Crippen LogP contribution is -1.89. The van der Waals surface area contributed by atoms with Gasteiger partial charge in [-0.05, 0) is 48.7 Å². The zero-order valence-electron chi connectivity index (χ0n) is 12.9. The molecule has 0 radical (unpaired) electrons. The predicted molar refractivity (Wildman–Crippen MR) is 88.4 cm³/mol. The van der Waals surface area contributed by atoms with E-state index in [9.17, 15) is 5.11 Å². The quantitative estimate of drug-likeness (QED) is 0.662. The van der Waals surface area contributed by atoms with Crippen molar-refractivity contribution >= 4 is 0 Å². The van der Waals surface area contributed by atoms with E-state index >= 15 is 0 Å². The molecule has 0 aliphatic heterocycles. The molecule has 2 aromatic rings. The molecule has 0 aliphatic carbocycles. The minimum absolute atomic E-state index is 0.290. The van der Waals surface area contributed by atoms with Gasteiger partial charge < -0.3 is 5.11 Å². The number of unbranched alkanes of at least 4 members (excludes halogenated alkanes) is 5. The summed E-state index contributed by atoms with van der Waals surface area (Å²) in [5.41, 5.74) is 3.31. The van der Waals surface area contributed by atoms with E-state index in [-0.39, 0.29) is 0 Å². The highest BCUT2D eigenvalue weighted by Gasteiger charge is 2.00. The molecule has 0 aliphatic rings. The largest absolute Gasteiger partial charge is 0.508 e. The van der Waals surface area contributed by atoms with Gasteiger partial charge in [-0.1, -0.05) is 45.1 Å². The summed E-state index contributed by atoms with van der Waals surface area (Å²) in [5, 5.41) is 9.30. The molecule has 2 nitrogen and oxygen atoms in total. The minimum atomic E-state index is 0.290. The third-order valence-electron chi connectivity index (χ3n) is 3.81. The molecule has 112 valence electrons. The Morgan fingerprint density at radius 1 is 0.857 bits per heavy atom. The fourth-order valence-corrected chi connectivity index (χ4v) is 2.48. The molecule has 0 saturated heterocycles. The van der Waals surface area contributed by atoms with Crippen LogP contribution >= 0.6 is 0 Å². The highest BCUT2D eigenvalue weighted by molar-refractivity contribution is 5.59. The Hall–Kier alpha value is -1.83. The summed E-state index contributed by atoms with van der Waals surface area (Å²) in [6.07, 6.45) is 11.1. The van der Waals surface area contributed by atoms with Crippen LogP contribution in [-0.4, -0.2) is 10.1 Å². The van der Waals surface area contributed by atoms with Crippen molar-refractivity contribution in [1.82, 2.24) is 4.98 Å². The van der Waals surface area contributed by atoms with Gasteiger partial charge in [0.15, 0.2) is 0 Å². The van der Waals surface area contributed by atoms with Gasteiger partial charge in [-0.3, -0.25) is 4.98 Å². The second-order valence-electron chi connectivity index (χ2n) is 5.62. The number of hydrogen-bond donors (Lipinski definition) is 1. The van der Waals surface area contributed by atoms with E-state index in [2.05, 4.69) is 24.0 Å². The smallest absolute Gasteiger partial charge is 0.115 e. The van der Waals surface area contributed by atoms with E-state index < -0.39 is 0 Å². The molecule has 0 unspecified atom stereocenters. The number of aromatic hydroxyl groups is 1. The molecule has 1 aromatic carbocycles. The van der Waals surface area contributed by atoms with Crippen LogP contribution in [-0.2, 0) is 6.42 Å². The number of hydrogen-bond acceptors (Lipinski definition) is 2. The maximum absolute atomic E-state index is 9.30. The average molecular weight is 283 g/mol. The monoisotopic (exact) mass is 283 g/mol. The third-order valence-corrected chi connectivity index (χ3v) is 3.81. The molecule has 2 rings (SSSR count). The van der Waals surface area contributed by atoms with Crippen molar-refractivity contribution in [1.29, 1.82) is 0 Å². The fourth-order valence-electron chi connectivity index (χ4n) is 2.48. The van der Waals surface area contributed by atoms with E-state index in [0.29, 0.717) is 5.75 Å². The van der Waals surface area contributed by atoms with Crippen molar-refractivity contribution < 1.29 is 5.11 Å². The second-order valence-corrected chi connectivity index (χ2v) is 5.62. The van der Waals surface area contributed by atoms with Crippen molar-refractivity contribution in [2.24, 2.45) is 0 Å². The van der Waals surface area contributed by atoms with Crippen LogP contribution in [0.2, 0.25) is 0 Å². The van der Waals surface area contributed by atoms with Crippen LogP contribution in [0.15, 0.2) is 42.6 Å². The van der Waals surface area contributed by atoms with E-state index in [1.54, 1.807) is 12.1 Å². The molecular formula is C19H25NO. The Labute approximate surface area is 127 Å². The van der Waals surface area contributed by atoms with Crippen molar-refractivity contribution in [2.75, 3.05) is 0 Å². The molecule has 0 saturated carbocycles. The first-order valence-corrected chi connectivity index (χ1v) is 8.04. The standard InChI is InChI=1S/C19H25NO/c1-2-3-4-5-6-7-8-16-9-14-19(20-15-16)17-10-12-18(21)13-11-17/h9-15,21H,2-8H2,1H3. The molecule has 0 fully saturated rings. The number of phenolic OH excluding ortho intramolecular Hbond substituents is 1. The first-order chi connectivity index (χ1) is 10.3. The summed E-state index contributed by atoms with van der Waals surface area (Å²) in [4.78, 5) is 4.53. The Morgan fingerprint density at radius 2 is 1.57 bits per heavy atom. The second kappa shape index (κ2) is 8.46. The number of pyridine rings is 1. The summed E-state index contributed by atoms with van der Waals surface area (Å²) in [5.74, 6) is 0.290. The van der Waals surface area contributed by atoms with Crippen molar-refractivity contribution in [3.63, 3.8) is 0 Å². The Morgan fingerprint density at radius 3 is 2.24 bits per heavy atom. The maximum Gasteiger partial charge on any atom is 0.115 e. The molecule has 1 heterocycles. The zero-order valence-corrected chi connectivity index (χ0v) is 12.9. The maximum atomic E-state index is 9.30. The van der Waals surface area contributed by atoms with Crippen molar-refractivity contribution in [3.8, 4) is 17.0 Å². The van der Waals surface area contributed by atoms with E-state index in [1.807, 2.05) is 18.3 Å². The number of nitrogens with zero attached hydrogens (tertiary/aromatic N) is 1. The average Bonchev–Trinajstić information content (AvgIpc) is 2.52. The van der Waals surface area contributed by atoms with Crippen molar-refractivity contribution in [3.05, 3.63) is 48.2 Å². The molecular weight excluding hydrogens is 258 g/mol. The normalized spacial score (nSPS) is 10.7. The van der Waals surface area contributed by atoms with Gasteiger partial charge >= 0.3 is 0 Å². The lowest BCUT2D eigenvalue weighted by atomic mass is 10.1. The van der Waals surface area contributed by atoms with Gasteiger partial charge in [-0.2, -0.15) is 0 Å². The van der Waals surface area contributed by atoms with Crippen LogP contribution < -0.4 is 0 Å². The van der Waals surface area contributed by atoms with Crippen LogP contribution in [0.25, 0.3) is 11.3 Å². The zero-order chi connectivity index (χ0) is 14.9. The lowest BCUT2D eigenvalue weighted by molar-refractivity contribution is 0.475. The van der Waals surface area contributed by atoms with Crippen LogP contribution in [0.5, 0.6) is 5.75 Å². The van der Waals surface area contributed by atoms with Gasteiger partial charge in [-0.25, -0.2) is 0 Å². The molecule has 2 heteroatoms. The molecule has 21 heavy (non-hydrogen) atoms. The van der Waals surface area contributed by atoms with Crippen LogP contribution in [0.3, 0.4) is 0 Å². The van der Waals surface area contributed by atoms with Gasteiger partial charge in [0.1, 0.15) is 5.75 Å². The number of rotatable bonds is 8. The van der Waals surface area contributed by atoms with Crippen LogP contribution in [0, 0.1) is 0 Å². The molecule has 0 amide bonds. The van der Waals surface area contributed by atoms with Gasteiger partial charge in [0.05, 0.1) is 5.69 Å². The fraction of sp³-hybridized carbons (Fsp3) is 0.421. The highest BCUT2D eigenvalue weighted by atomic mass is 16.3. The lowest BCUT2D eigenvalue weighted by Gasteiger charge is -2.04. The number of benzene rings is 1. The Balaban J connectivity index is 1.80. The van der Waals surface area contributed by atoms with E-state index in [4.69, 9.17) is 0 Å². The molecule has 1 N–H and O–H groups in total. The number of phenols is 1. The predicted octanol–water partition coefficient (Wildman–Crippen LogP) is 5.36. The van der Waals surface area contributed by atoms with Gasteiger partial charge in [0, 0.05) is 11.8 Å². The molecule has 1 aromatic heterocycles. The Bertz CT molecular complexity index is 516. The summed E-state index contributed by atoms with van der Waals surface area (Å²) >= 11 is 0. The first kappa shape index (κ1) is 15.6. The van der Waals surface area contributed by atoms with Crippen molar-refractivity contribution in [2.45, 2.75) is 51.9 Å². The molecule has 0 atom stereocenters. The summed E-state index contributed by atoms with van der Waals surface area (Å²) in [6, 6.07) is 11.4. The van der Waals surface area contributed by atoms with Gasteiger partial charge in [-0.15, -0.1) is 0 Å².